The molecule has 1 amide bonds. The van der Waals surface area contributed by atoms with Gasteiger partial charge in [-0.25, -0.2) is 9.59 Å². The van der Waals surface area contributed by atoms with Crippen LogP contribution in [0.1, 0.15) is 85.8 Å². The minimum absolute atomic E-state index is 0.0110. The molecule has 18 heteroatoms. The van der Waals surface area contributed by atoms with E-state index in [0.717, 1.165) is 26.0 Å². The monoisotopic (exact) mass is 921 g/mol. The Balaban J connectivity index is 1.38. The Kier molecular flexibility index (Phi) is 12.9. The van der Waals surface area contributed by atoms with E-state index in [2.05, 4.69) is 5.32 Å². The Morgan fingerprint density at radius 3 is 1.95 bits per heavy atom. The highest BCUT2D eigenvalue weighted by molar-refractivity contribution is 5.96. The van der Waals surface area contributed by atoms with Crippen LogP contribution in [-0.2, 0) is 49.0 Å². The van der Waals surface area contributed by atoms with Crippen molar-refractivity contribution in [2.75, 3.05) is 6.61 Å². The second kappa shape index (κ2) is 17.7. The van der Waals surface area contributed by atoms with E-state index in [0.29, 0.717) is 12.1 Å². The number of carbonyl (C=O) groups is 6. The molecule has 66 heavy (non-hydrogen) atoms. The van der Waals surface area contributed by atoms with Crippen LogP contribution >= 0.6 is 0 Å². The minimum atomic E-state index is -4.75. The molecule has 4 N–H and O–H groups in total. The number of benzene rings is 3. The smallest absolute Gasteiger partial charge is 0.416 e. The molecule has 4 unspecified atom stereocenters. The lowest BCUT2D eigenvalue weighted by Gasteiger charge is -2.66. The molecule has 15 nitrogen and oxygen atoms in total. The van der Waals surface area contributed by atoms with Crippen molar-refractivity contribution in [1.82, 2.24) is 5.32 Å². The van der Waals surface area contributed by atoms with Crippen molar-refractivity contribution in [3.63, 3.8) is 0 Å². The normalized spacial score (nSPS) is 30.9. The standard InChI is InChI=1S/C48H50F3NO14/c1-23-32-39(63-24(2)53)41(58)46(6)30(55)21-31-47(22-62-31,66-25(3)54)40(46)38(65-43(60)28-15-11-8-12-16-28)33(45(32,4)5)35(56)37(23)64-44(61)36(57)34(52-42(59)27-13-9-7-10-14-27)26-17-19-29(20-18-26)48(49,50)51/h7-20,30-31,33-40,55-57H,21-22H2,1-6H3,(H,52,59)/t30-,31+,33?,34+,35+,36-,37?,38?,39+,40?,46+,47-/m0/s1. The van der Waals surface area contributed by atoms with Gasteiger partial charge < -0.3 is 44.3 Å². The average Bonchev–Trinajstić information content (AvgIpc) is 3.26. The number of nitrogens with one attached hydrogen (secondary N) is 1. The molecule has 7 rings (SSSR count). The lowest BCUT2D eigenvalue weighted by molar-refractivity contribution is -0.337. The molecule has 3 aromatic rings. The predicted octanol–water partition coefficient (Wildman–Crippen LogP) is 4.61. The number of alkyl halides is 3. The zero-order chi connectivity index (χ0) is 48.3. The molecule has 0 spiro atoms. The number of carbonyl (C=O) groups excluding carboxylic acids is 6. The van der Waals surface area contributed by atoms with Gasteiger partial charge in [0.15, 0.2) is 23.6 Å². The third-order valence-electron chi connectivity index (χ3n) is 13.7. The molecule has 0 radical (unpaired) electrons. The van der Waals surface area contributed by atoms with E-state index < -0.39 is 124 Å². The van der Waals surface area contributed by atoms with E-state index in [-0.39, 0.29) is 40.9 Å². The number of halogens is 3. The van der Waals surface area contributed by atoms with Crippen LogP contribution < -0.4 is 5.32 Å². The third kappa shape index (κ3) is 8.28. The molecule has 4 aliphatic rings. The van der Waals surface area contributed by atoms with Crippen LogP contribution in [0.3, 0.4) is 0 Å². The summed E-state index contributed by atoms with van der Waals surface area (Å²) in [5, 5.41) is 39.1. The molecule has 3 aromatic carbocycles. The van der Waals surface area contributed by atoms with Gasteiger partial charge in [-0.2, -0.15) is 13.2 Å². The molecule has 1 saturated heterocycles. The molecule has 12 atom stereocenters. The molecule has 3 fully saturated rings. The van der Waals surface area contributed by atoms with Crippen LogP contribution in [0.2, 0.25) is 0 Å². The van der Waals surface area contributed by atoms with Crippen molar-refractivity contribution in [2.24, 2.45) is 22.7 Å². The van der Waals surface area contributed by atoms with E-state index in [1.54, 1.807) is 38.1 Å². The van der Waals surface area contributed by atoms with E-state index >= 15 is 4.79 Å². The first-order valence-electron chi connectivity index (χ1n) is 21.2. The number of ketones is 1. The highest BCUT2D eigenvalue weighted by atomic mass is 19.4. The van der Waals surface area contributed by atoms with Gasteiger partial charge in [0.2, 0.25) is 0 Å². The van der Waals surface area contributed by atoms with E-state index in [9.17, 15) is 52.5 Å². The molecular weight excluding hydrogens is 872 g/mol. The Labute approximate surface area is 377 Å². The summed E-state index contributed by atoms with van der Waals surface area (Å²) in [6.45, 7) is 7.73. The quantitative estimate of drug-likeness (QED) is 0.124. The van der Waals surface area contributed by atoms with Gasteiger partial charge >= 0.3 is 30.1 Å². The number of rotatable bonds is 10. The van der Waals surface area contributed by atoms with E-state index in [1.807, 2.05) is 0 Å². The summed E-state index contributed by atoms with van der Waals surface area (Å²) in [6.07, 6.45) is -17.3. The SMILES string of the molecule is CC(=O)O[C@H]1C(=O)[C@@]2(C)C(C(OC(=O)c3ccccc3)C3[C@@H](O)C(OC(=O)[C@@H](O)[C@H](NC(=O)c4ccccc4)c4ccc(C(F)(F)F)cc4)C(C)=C1C3(C)C)[C@]1(OC(C)=O)CO[C@@H]1C[C@@H]2O. The van der Waals surface area contributed by atoms with E-state index in [1.165, 1.54) is 50.2 Å². The van der Waals surface area contributed by atoms with Crippen LogP contribution in [-0.4, -0.2) is 106 Å². The Morgan fingerprint density at radius 2 is 1.42 bits per heavy atom. The van der Waals surface area contributed by atoms with Crippen molar-refractivity contribution in [3.05, 3.63) is 118 Å². The number of esters is 4. The minimum Gasteiger partial charge on any atom is -0.458 e. The number of Topliss-reactive ketones (excluding diaryl/α,β-unsaturated/α-hetero) is 1. The average molecular weight is 922 g/mol. The van der Waals surface area contributed by atoms with Gasteiger partial charge in [-0.15, -0.1) is 0 Å². The van der Waals surface area contributed by atoms with Crippen LogP contribution in [0.25, 0.3) is 0 Å². The van der Waals surface area contributed by atoms with Crippen molar-refractivity contribution in [2.45, 2.75) is 109 Å². The van der Waals surface area contributed by atoms with E-state index in [4.69, 9.17) is 23.7 Å². The number of hydrogen-bond acceptors (Lipinski definition) is 14. The van der Waals surface area contributed by atoms with Gasteiger partial charge in [-0.05, 0) is 72.4 Å². The maximum absolute atomic E-state index is 15.5. The van der Waals surface area contributed by atoms with Crippen LogP contribution in [0.5, 0.6) is 0 Å². The molecular formula is C48H50F3NO14. The number of aliphatic hydroxyl groups excluding tert-OH is 3. The fourth-order valence-corrected chi connectivity index (χ4v) is 10.6. The number of aliphatic hydroxyl groups is 3. The first kappa shape index (κ1) is 48.0. The number of ether oxygens (including phenoxy) is 5. The molecule has 3 aliphatic carbocycles. The first-order valence-corrected chi connectivity index (χ1v) is 21.2. The van der Waals surface area contributed by atoms with Crippen molar-refractivity contribution in [1.29, 1.82) is 0 Å². The summed E-state index contributed by atoms with van der Waals surface area (Å²) in [6, 6.07) is 16.8. The van der Waals surface area contributed by atoms with Crippen LogP contribution in [0.4, 0.5) is 13.2 Å². The van der Waals surface area contributed by atoms with Crippen LogP contribution in [0, 0.1) is 22.7 Å². The molecule has 2 bridgehead atoms. The summed E-state index contributed by atoms with van der Waals surface area (Å²) in [5.74, 6) is -8.94. The largest absolute Gasteiger partial charge is 0.458 e. The Bertz CT molecular complexity index is 2420. The zero-order valence-corrected chi connectivity index (χ0v) is 36.7. The predicted molar refractivity (Wildman–Crippen MR) is 223 cm³/mol. The summed E-state index contributed by atoms with van der Waals surface area (Å²) in [4.78, 5) is 83.6. The maximum atomic E-state index is 15.5. The van der Waals surface area contributed by atoms with Gasteiger partial charge in [0.25, 0.3) is 5.91 Å². The van der Waals surface area contributed by atoms with Gasteiger partial charge in [0, 0.05) is 31.7 Å². The summed E-state index contributed by atoms with van der Waals surface area (Å²) in [7, 11) is 0. The van der Waals surface area contributed by atoms with Gasteiger partial charge in [-0.1, -0.05) is 62.4 Å². The fourth-order valence-electron chi connectivity index (χ4n) is 10.6. The highest BCUT2D eigenvalue weighted by Gasteiger charge is 2.76. The number of hydrogen-bond donors (Lipinski definition) is 4. The van der Waals surface area contributed by atoms with Gasteiger partial charge in [0.05, 0.1) is 41.2 Å². The second-order valence-electron chi connectivity index (χ2n) is 18.0. The lowest BCUT2D eigenvalue weighted by atomic mass is 9.45. The molecule has 1 aliphatic heterocycles. The number of fused-ring (bicyclic) bond motifs is 5. The first-order chi connectivity index (χ1) is 30.9. The summed E-state index contributed by atoms with van der Waals surface area (Å²) in [5.41, 5.74) is -6.53. The Hall–Kier alpha value is -5.95. The highest BCUT2D eigenvalue weighted by Crippen LogP contribution is 2.63. The van der Waals surface area contributed by atoms with Crippen LogP contribution in [0.15, 0.2) is 96.1 Å². The molecule has 2 saturated carbocycles. The zero-order valence-electron chi connectivity index (χ0n) is 36.7. The Morgan fingerprint density at radius 1 is 0.833 bits per heavy atom. The summed E-state index contributed by atoms with van der Waals surface area (Å²) >= 11 is 0. The van der Waals surface area contributed by atoms with Gasteiger partial charge in [-0.3, -0.25) is 19.2 Å². The van der Waals surface area contributed by atoms with Crippen molar-refractivity contribution >= 4 is 35.6 Å². The maximum Gasteiger partial charge on any atom is 0.416 e. The van der Waals surface area contributed by atoms with Gasteiger partial charge in [0.1, 0.15) is 24.4 Å². The van der Waals surface area contributed by atoms with Crippen molar-refractivity contribution < 1.29 is 80.9 Å². The topological polar surface area (TPSA) is 221 Å². The van der Waals surface area contributed by atoms with Crippen molar-refractivity contribution in [3.8, 4) is 0 Å². The molecule has 1 heterocycles. The third-order valence-corrected chi connectivity index (χ3v) is 13.7. The number of amides is 1. The second-order valence-corrected chi connectivity index (χ2v) is 18.0. The molecule has 352 valence electrons. The lowest BCUT2D eigenvalue weighted by Crippen LogP contribution is -2.80. The summed E-state index contributed by atoms with van der Waals surface area (Å²) < 4.78 is 70.9. The molecule has 0 aromatic heterocycles. The fraction of sp³-hybridized carbons (Fsp3) is 0.458.